The Bertz CT molecular complexity index is 788. The van der Waals surface area contributed by atoms with Crippen molar-refractivity contribution >= 4 is 11.9 Å². The second-order valence-corrected chi connectivity index (χ2v) is 5.03. The van der Waals surface area contributed by atoms with Gasteiger partial charge in [0.25, 0.3) is 0 Å². The molecule has 0 N–H and O–H groups in total. The van der Waals surface area contributed by atoms with Crippen LogP contribution in [0.3, 0.4) is 0 Å². The Morgan fingerprint density at radius 2 is 1.77 bits per heavy atom. The molecule has 0 bridgehead atoms. The monoisotopic (exact) mass is 290 g/mol. The number of ether oxygens (including phenoxy) is 1. The predicted octanol–water partition coefficient (Wildman–Crippen LogP) is 4.54. The lowest BCUT2D eigenvalue weighted by molar-refractivity contribution is 0.415. The molecule has 0 aliphatic heterocycles. The van der Waals surface area contributed by atoms with Gasteiger partial charge in [0.2, 0.25) is 0 Å². The van der Waals surface area contributed by atoms with Gasteiger partial charge in [-0.3, -0.25) is 4.99 Å². The number of benzene rings is 2. The van der Waals surface area contributed by atoms with Gasteiger partial charge in [-0.1, -0.05) is 24.3 Å². The molecule has 0 spiro atoms. The normalized spacial score (nSPS) is 11.0. The number of hydrogen-bond donors (Lipinski definition) is 0. The highest BCUT2D eigenvalue weighted by molar-refractivity contribution is 5.81. The van der Waals surface area contributed by atoms with Crippen molar-refractivity contribution in [3.8, 4) is 11.4 Å². The summed E-state index contributed by atoms with van der Waals surface area (Å²) in [5.74, 6) is 0.810. The summed E-state index contributed by atoms with van der Waals surface area (Å²) >= 11 is 0. The summed E-state index contributed by atoms with van der Waals surface area (Å²) in [4.78, 5) is 4.56. The Labute approximate surface area is 130 Å². The van der Waals surface area contributed by atoms with E-state index in [9.17, 15) is 0 Å². The quantitative estimate of drug-likeness (QED) is 0.648. The lowest BCUT2D eigenvalue weighted by atomic mass is 10.3. The highest BCUT2D eigenvalue weighted by Gasteiger charge is 2.05. The van der Waals surface area contributed by atoms with E-state index in [1.807, 2.05) is 48.7 Å². The summed E-state index contributed by atoms with van der Waals surface area (Å²) in [6, 6.07) is 22.2. The Morgan fingerprint density at radius 3 is 2.55 bits per heavy atom. The van der Waals surface area contributed by atoms with Gasteiger partial charge in [0.1, 0.15) is 5.75 Å². The number of hydrogen-bond acceptors (Lipinski definition) is 2. The molecule has 0 amide bonds. The molecule has 3 nitrogen and oxygen atoms in total. The molecule has 0 fully saturated rings. The van der Waals surface area contributed by atoms with Crippen LogP contribution in [0.2, 0.25) is 0 Å². The van der Waals surface area contributed by atoms with E-state index in [-0.39, 0.29) is 0 Å². The minimum Gasteiger partial charge on any atom is -0.497 e. The second-order valence-electron chi connectivity index (χ2n) is 5.03. The molecule has 3 heteroatoms. The smallest absolute Gasteiger partial charge is 0.121 e. The lowest BCUT2D eigenvalue weighted by Crippen LogP contribution is -2.00. The first-order valence-electron chi connectivity index (χ1n) is 7.20. The molecular weight excluding hydrogens is 272 g/mol. The average molecular weight is 290 g/mol. The molecule has 1 aromatic heterocycles. The van der Waals surface area contributed by atoms with Gasteiger partial charge in [0.15, 0.2) is 0 Å². The first-order chi connectivity index (χ1) is 10.8. The summed E-state index contributed by atoms with van der Waals surface area (Å²) in [6.07, 6.45) is 1.88. The lowest BCUT2D eigenvalue weighted by Gasteiger charge is -2.09. The van der Waals surface area contributed by atoms with Crippen LogP contribution in [0.4, 0.5) is 5.69 Å². The zero-order chi connectivity index (χ0) is 15.4. The molecule has 110 valence electrons. The number of aromatic nitrogens is 1. The first kappa shape index (κ1) is 14.1. The summed E-state index contributed by atoms with van der Waals surface area (Å²) in [5, 5.41) is 0. The van der Waals surface area contributed by atoms with E-state index in [0.717, 1.165) is 22.8 Å². The Balaban J connectivity index is 1.95. The molecule has 3 aromatic rings. The van der Waals surface area contributed by atoms with Gasteiger partial charge in [-0.25, -0.2) is 0 Å². The summed E-state index contributed by atoms with van der Waals surface area (Å²) in [5.41, 5.74) is 4.24. The molecule has 0 aliphatic rings. The van der Waals surface area contributed by atoms with E-state index in [0.29, 0.717) is 0 Å². The number of methoxy groups -OCH3 is 1. The van der Waals surface area contributed by atoms with Gasteiger partial charge in [-0.05, 0) is 43.3 Å². The van der Waals surface area contributed by atoms with Gasteiger partial charge in [0.05, 0.1) is 24.7 Å². The van der Waals surface area contributed by atoms with Crippen LogP contribution in [0.25, 0.3) is 5.69 Å². The second kappa shape index (κ2) is 6.31. The van der Waals surface area contributed by atoms with Crippen molar-refractivity contribution < 1.29 is 4.74 Å². The molecule has 1 heterocycles. The third-order valence-electron chi connectivity index (χ3n) is 3.52. The third-order valence-corrected chi connectivity index (χ3v) is 3.52. The number of rotatable bonds is 4. The van der Waals surface area contributed by atoms with Gasteiger partial charge >= 0.3 is 0 Å². The highest BCUT2D eigenvalue weighted by atomic mass is 16.5. The number of aryl methyl sites for hydroxylation is 1. The Hall–Kier alpha value is -2.81. The van der Waals surface area contributed by atoms with Crippen LogP contribution >= 0.6 is 0 Å². The number of para-hydroxylation sites is 1. The van der Waals surface area contributed by atoms with Crippen LogP contribution in [0, 0.1) is 6.92 Å². The van der Waals surface area contributed by atoms with Crippen molar-refractivity contribution in [3.05, 3.63) is 78.1 Å². The summed E-state index contributed by atoms with van der Waals surface area (Å²) < 4.78 is 7.41. The van der Waals surface area contributed by atoms with Crippen LogP contribution in [-0.4, -0.2) is 17.9 Å². The van der Waals surface area contributed by atoms with Crippen LogP contribution < -0.4 is 4.74 Å². The average Bonchev–Trinajstić information content (AvgIpc) is 2.94. The fraction of sp³-hybridized carbons (Fsp3) is 0.105. The SMILES string of the molecule is COc1cccc(N=Cc2ccc(C)n2-c2ccccc2)c1. The minimum atomic E-state index is 0.810. The van der Waals surface area contributed by atoms with Crippen LogP contribution in [0.15, 0.2) is 71.7 Å². The maximum absolute atomic E-state index is 5.22. The topological polar surface area (TPSA) is 26.5 Å². The van der Waals surface area contributed by atoms with E-state index in [1.165, 1.54) is 5.69 Å². The van der Waals surface area contributed by atoms with Gasteiger partial charge in [-0.2, -0.15) is 0 Å². The molecule has 3 rings (SSSR count). The first-order valence-corrected chi connectivity index (χ1v) is 7.20. The largest absolute Gasteiger partial charge is 0.497 e. The van der Waals surface area contributed by atoms with Crippen molar-refractivity contribution in [1.82, 2.24) is 4.57 Å². The molecule has 22 heavy (non-hydrogen) atoms. The van der Waals surface area contributed by atoms with Crippen molar-refractivity contribution in [2.24, 2.45) is 4.99 Å². The fourth-order valence-electron chi connectivity index (χ4n) is 2.42. The molecule has 0 saturated carbocycles. The maximum Gasteiger partial charge on any atom is 0.121 e. The van der Waals surface area contributed by atoms with Gasteiger partial charge in [0, 0.05) is 17.4 Å². The van der Waals surface area contributed by atoms with Gasteiger partial charge in [-0.15, -0.1) is 0 Å². The van der Waals surface area contributed by atoms with Crippen molar-refractivity contribution in [3.63, 3.8) is 0 Å². The van der Waals surface area contributed by atoms with Crippen LogP contribution in [0.1, 0.15) is 11.4 Å². The zero-order valence-electron chi connectivity index (χ0n) is 12.7. The molecule has 0 atom stereocenters. The van der Waals surface area contributed by atoms with E-state index < -0.39 is 0 Å². The molecule has 0 unspecified atom stereocenters. The van der Waals surface area contributed by atoms with Crippen LogP contribution in [0.5, 0.6) is 5.75 Å². The minimum absolute atomic E-state index is 0.810. The zero-order valence-corrected chi connectivity index (χ0v) is 12.7. The predicted molar refractivity (Wildman–Crippen MR) is 90.8 cm³/mol. The van der Waals surface area contributed by atoms with Crippen molar-refractivity contribution in [1.29, 1.82) is 0 Å². The summed E-state index contributed by atoms with van der Waals surface area (Å²) in [6.45, 7) is 2.09. The van der Waals surface area contributed by atoms with E-state index in [4.69, 9.17) is 4.74 Å². The standard InChI is InChI=1S/C19H18N2O/c1-15-11-12-18(21(15)17-8-4-3-5-9-17)14-20-16-7-6-10-19(13-16)22-2/h3-14H,1-2H3. The molecule has 2 aromatic carbocycles. The Kier molecular flexibility index (Phi) is 4.05. The van der Waals surface area contributed by atoms with Crippen LogP contribution in [-0.2, 0) is 0 Å². The van der Waals surface area contributed by atoms with Crippen molar-refractivity contribution in [2.75, 3.05) is 7.11 Å². The molecule has 0 saturated heterocycles. The Morgan fingerprint density at radius 1 is 0.955 bits per heavy atom. The molecule has 0 radical (unpaired) electrons. The number of nitrogens with zero attached hydrogens (tertiary/aromatic N) is 2. The van der Waals surface area contributed by atoms with E-state index in [1.54, 1.807) is 7.11 Å². The van der Waals surface area contributed by atoms with Crippen molar-refractivity contribution in [2.45, 2.75) is 6.92 Å². The molecule has 0 aliphatic carbocycles. The molecular formula is C19H18N2O. The van der Waals surface area contributed by atoms with Gasteiger partial charge < -0.3 is 9.30 Å². The highest BCUT2D eigenvalue weighted by Crippen LogP contribution is 2.20. The van der Waals surface area contributed by atoms with E-state index in [2.05, 4.69) is 40.7 Å². The number of aliphatic imine (C=N–C) groups is 1. The fourth-order valence-corrected chi connectivity index (χ4v) is 2.42. The maximum atomic E-state index is 5.22. The third kappa shape index (κ3) is 2.93. The summed E-state index contributed by atoms with van der Waals surface area (Å²) in [7, 11) is 1.66. The van der Waals surface area contributed by atoms with E-state index >= 15 is 0 Å².